The number of rotatable bonds is 7. The van der Waals surface area contributed by atoms with E-state index >= 15 is 0 Å². The second-order valence-corrected chi connectivity index (χ2v) is 7.77. The monoisotopic (exact) mass is 482 g/mol. The van der Waals surface area contributed by atoms with Crippen molar-refractivity contribution in [2.24, 2.45) is 16.3 Å². The number of hydrogen-bond donors (Lipinski definition) is 3. The molecule has 0 aliphatic heterocycles. The topological polar surface area (TPSA) is 78.0 Å². The van der Waals surface area contributed by atoms with Gasteiger partial charge in [0.05, 0.1) is 0 Å². The van der Waals surface area contributed by atoms with Gasteiger partial charge in [-0.05, 0) is 42.2 Å². The Hall–Kier alpha value is -1.64. The Labute approximate surface area is 179 Å². The highest BCUT2D eigenvalue weighted by Crippen LogP contribution is 2.45. The molecule has 1 aromatic heterocycles. The molecule has 6 nitrogen and oxygen atoms in total. The van der Waals surface area contributed by atoms with Crippen molar-refractivity contribution in [3.63, 3.8) is 0 Å². The number of benzene rings is 1. The molecule has 0 radical (unpaired) electrons. The number of nitrogens with one attached hydrogen (secondary N) is 3. The molecule has 0 unspecified atom stereocenters. The molecule has 1 aliphatic carbocycles. The lowest BCUT2D eigenvalue weighted by Gasteiger charge is -2.43. The average Bonchev–Trinajstić information content (AvgIpc) is 3.14. The van der Waals surface area contributed by atoms with Gasteiger partial charge < -0.3 is 10.6 Å². The van der Waals surface area contributed by atoms with E-state index < -0.39 is 0 Å². The first-order chi connectivity index (χ1) is 12.6. The minimum atomic E-state index is 0. The zero-order valence-corrected chi connectivity index (χ0v) is 18.8. The number of nitrogens with zero attached hydrogens (tertiary/aromatic N) is 3. The lowest BCUT2D eigenvalue weighted by molar-refractivity contribution is 0.104. The fourth-order valence-electron chi connectivity index (χ4n) is 3.85. The van der Waals surface area contributed by atoms with Crippen LogP contribution in [0.4, 0.5) is 0 Å². The molecule has 0 atom stereocenters. The van der Waals surface area contributed by atoms with Crippen LogP contribution in [-0.2, 0) is 6.54 Å². The highest BCUT2D eigenvalue weighted by atomic mass is 127. The third kappa shape index (κ3) is 5.92. The van der Waals surface area contributed by atoms with E-state index in [2.05, 4.69) is 56.8 Å². The SMILES string of the molecule is CN=C(NCc1cccc(-c2ncn[nH]2)c1)NCC1(CC(C)C)CCC1.I. The van der Waals surface area contributed by atoms with E-state index in [1.54, 1.807) is 0 Å². The lowest BCUT2D eigenvalue weighted by Crippen LogP contribution is -2.46. The molecule has 1 aromatic carbocycles. The Morgan fingerprint density at radius 3 is 2.70 bits per heavy atom. The summed E-state index contributed by atoms with van der Waals surface area (Å²) in [5.41, 5.74) is 2.68. The molecule has 1 aliphatic rings. The third-order valence-corrected chi connectivity index (χ3v) is 5.19. The molecule has 27 heavy (non-hydrogen) atoms. The second kappa shape index (κ2) is 10.1. The van der Waals surface area contributed by atoms with Crippen molar-refractivity contribution >= 4 is 29.9 Å². The summed E-state index contributed by atoms with van der Waals surface area (Å²) >= 11 is 0. The van der Waals surface area contributed by atoms with Crippen LogP contribution < -0.4 is 10.6 Å². The normalized spacial score (nSPS) is 15.8. The molecule has 1 heterocycles. The Kier molecular flexibility index (Phi) is 8.07. The predicted octanol–water partition coefficient (Wildman–Crippen LogP) is 3.97. The summed E-state index contributed by atoms with van der Waals surface area (Å²) in [7, 11) is 1.83. The number of aliphatic imine (C=N–C) groups is 1. The van der Waals surface area contributed by atoms with Crippen molar-refractivity contribution in [1.82, 2.24) is 25.8 Å². The summed E-state index contributed by atoms with van der Waals surface area (Å²) < 4.78 is 0. The van der Waals surface area contributed by atoms with E-state index in [0.29, 0.717) is 5.41 Å². The Morgan fingerprint density at radius 1 is 1.30 bits per heavy atom. The maximum Gasteiger partial charge on any atom is 0.191 e. The van der Waals surface area contributed by atoms with Crippen molar-refractivity contribution in [2.75, 3.05) is 13.6 Å². The van der Waals surface area contributed by atoms with Crippen LogP contribution in [0.5, 0.6) is 0 Å². The molecule has 148 valence electrons. The van der Waals surface area contributed by atoms with Crippen LogP contribution in [0.1, 0.15) is 45.1 Å². The Morgan fingerprint density at radius 2 is 2.11 bits per heavy atom. The van der Waals surface area contributed by atoms with Crippen LogP contribution in [0.25, 0.3) is 11.4 Å². The summed E-state index contributed by atoms with van der Waals surface area (Å²) in [5, 5.41) is 13.8. The summed E-state index contributed by atoms with van der Waals surface area (Å²) in [4.78, 5) is 8.59. The van der Waals surface area contributed by atoms with E-state index in [1.165, 1.54) is 37.6 Å². The van der Waals surface area contributed by atoms with Gasteiger partial charge in [-0.3, -0.25) is 10.1 Å². The quantitative estimate of drug-likeness (QED) is 0.317. The molecular formula is C20H31IN6. The van der Waals surface area contributed by atoms with Gasteiger partial charge in [-0.15, -0.1) is 24.0 Å². The van der Waals surface area contributed by atoms with Crippen LogP contribution in [0.2, 0.25) is 0 Å². The van der Waals surface area contributed by atoms with Crippen LogP contribution in [-0.4, -0.2) is 34.7 Å². The minimum absolute atomic E-state index is 0. The molecule has 3 N–H and O–H groups in total. The first-order valence-electron chi connectivity index (χ1n) is 9.49. The number of hydrogen-bond acceptors (Lipinski definition) is 3. The summed E-state index contributed by atoms with van der Waals surface area (Å²) in [6.07, 6.45) is 6.83. The molecule has 3 rings (SSSR count). The first kappa shape index (κ1) is 21.7. The molecule has 0 saturated heterocycles. The molecular weight excluding hydrogens is 451 g/mol. The largest absolute Gasteiger partial charge is 0.356 e. The van der Waals surface area contributed by atoms with E-state index in [9.17, 15) is 0 Å². The van der Waals surface area contributed by atoms with Gasteiger partial charge in [-0.25, -0.2) is 4.98 Å². The fraction of sp³-hybridized carbons (Fsp3) is 0.550. The molecule has 0 bridgehead atoms. The minimum Gasteiger partial charge on any atom is -0.356 e. The number of guanidine groups is 1. The summed E-state index contributed by atoms with van der Waals surface area (Å²) in [6, 6.07) is 8.29. The number of aromatic amines is 1. The summed E-state index contributed by atoms with van der Waals surface area (Å²) in [5.74, 6) is 2.39. The van der Waals surface area contributed by atoms with Crippen molar-refractivity contribution in [3.8, 4) is 11.4 Å². The zero-order valence-electron chi connectivity index (χ0n) is 16.5. The van der Waals surface area contributed by atoms with E-state index in [4.69, 9.17) is 0 Å². The fourth-order valence-corrected chi connectivity index (χ4v) is 3.85. The van der Waals surface area contributed by atoms with Crippen LogP contribution >= 0.6 is 24.0 Å². The van der Waals surface area contributed by atoms with Crippen molar-refractivity contribution in [3.05, 3.63) is 36.2 Å². The van der Waals surface area contributed by atoms with Gasteiger partial charge in [0.1, 0.15) is 6.33 Å². The van der Waals surface area contributed by atoms with Crippen LogP contribution in [0.15, 0.2) is 35.6 Å². The van der Waals surface area contributed by atoms with Gasteiger partial charge in [0.25, 0.3) is 0 Å². The van der Waals surface area contributed by atoms with Crippen molar-refractivity contribution < 1.29 is 0 Å². The average molecular weight is 482 g/mol. The maximum atomic E-state index is 4.38. The number of aromatic nitrogens is 3. The van der Waals surface area contributed by atoms with Gasteiger partial charge in [-0.1, -0.05) is 38.5 Å². The molecule has 7 heteroatoms. The molecule has 1 saturated carbocycles. The number of halogens is 1. The van der Waals surface area contributed by atoms with Gasteiger partial charge in [0.15, 0.2) is 11.8 Å². The highest BCUT2D eigenvalue weighted by Gasteiger charge is 2.37. The number of H-pyrrole nitrogens is 1. The van der Waals surface area contributed by atoms with Crippen molar-refractivity contribution in [2.45, 2.75) is 46.1 Å². The van der Waals surface area contributed by atoms with E-state index in [-0.39, 0.29) is 24.0 Å². The summed E-state index contributed by atoms with van der Waals surface area (Å²) in [6.45, 7) is 6.35. The van der Waals surface area contributed by atoms with Gasteiger partial charge in [-0.2, -0.15) is 5.10 Å². The van der Waals surface area contributed by atoms with Crippen LogP contribution in [0, 0.1) is 11.3 Å². The second-order valence-electron chi connectivity index (χ2n) is 7.77. The Bertz CT molecular complexity index is 722. The molecule has 0 amide bonds. The first-order valence-corrected chi connectivity index (χ1v) is 9.49. The smallest absolute Gasteiger partial charge is 0.191 e. The van der Waals surface area contributed by atoms with Gasteiger partial charge >= 0.3 is 0 Å². The maximum absolute atomic E-state index is 4.38. The Balaban J connectivity index is 0.00000261. The van der Waals surface area contributed by atoms with E-state index in [1.807, 2.05) is 19.2 Å². The van der Waals surface area contributed by atoms with Crippen LogP contribution in [0.3, 0.4) is 0 Å². The molecule has 2 aromatic rings. The standard InChI is InChI=1S/C20H30N6.HI/c1-15(2)11-20(8-5-9-20)13-23-19(21-3)22-12-16-6-4-7-17(10-16)18-24-14-25-26-18;/h4,6-7,10,14-15H,5,8-9,11-13H2,1-3H3,(H2,21,22,23)(H,24,25,26);1H. The zero-order chi connectivity index (χ0) is 18.4. The van der Waals surface area contributed by atoms with E-state index in [0.717, 1.165) is 36.4 Å². The van der Waals surface area contributed by atoms with Crippen molar-refractivity contribution in [1.29, 1.82) is 0 Å². The molecule has 0 spiro atoms. The third-order valence-electron chi connectivity index (χ3n) is 5.19. The van der Waals surface area contributed by atoms with Gasteiger partial charge in [0.2, 0.25) is 0 Å². The highest BCUT2D eigenvalue weighted by molar-refractivity contribution is 14.0. The molecule has 1 fully saturated rings. The predicted molar refractivity (Wildman–Crippen MR) is 121 cm³/mol. The lowest BCUT2D eigenvalue weighted by atomic mass is 9.64. The van der Waals surface area contributed by atoms with Gasteiger partial charge in [0, 0.05) is 25.7 Å².